The molecule has 1 N–H and O–H groups in total. The highest BCUT2D eigenvalue weighted by Gasteiger charge is 2.33. The molecule has 0 bridgehead atoms. The SMILES string of the molecule is CCS(=O)(=O)c1nn2c(C(=O)NOCc3cccc(Cl)c3)ccnc2c1-c1nc2cc(C(F)(F)F)cnc2n1C. The summed E-state index contributed by atoms with van der Waals surface area (Å²) in [6.45, 7) is 1.40. The second kappa shape index (κ2) is 10.1. The van der Waals surface area contributed by atoms with Gasteiger partial charge in [-0.05, 0) is 29.8 Å². The summed E-state index contributed by atoms with van der Waals surface area (Å²) in [4.78, 5) is 30.6. The van der Waals surface area contributed by atoms with Crippen LogP contribution >= 0.6 is 11.6 Å². The summed E-state index contributed by atoms with van der Waals surface area (Å²) in [6.07, 6.45) is -2.73. The molecule has 4 heterocycles. The Morgan fingerprint density at radius 2 is 1.93 bits per heavy atom. The van der Waals surface area contributed by atoms with Gasteiger partial charge in [-0.2, -0.15) is 18.3 Å². The third-order valence-corrected chi connectivity index (χ3v) is 7.82. The van der Waals surface area contributed by atoms with Crippen molar-refractivity contribution in [1.82, 2.24) is 34.6 Å². The number of nitrogens with one attached hydrogen (secondary N) is 1. The molecule has 5 aromatic rings. The quantitative estimate of drug-likeness (QED) is 0.280. The van der Waals surface area contributed by atoms with E-state index in [2.05, 4.69) is 25.5 Å². The Labute approximate surface area is 229 Å². The lowest BCUT2D eigenvalue weighted by Crippen LogP contribution is -2.26. The van der Waals surface area contributed by atoms with Crippen molar-refractivity contribution in [3.63, 3.8) is 0 Å². The number of pyridine rings is 1. The van der Waals surface area contributed by atoms with E-state index in [1.54, 1.807) is 24.3 Å². The lowest BCUT2D eigenvalue weighted by Gasteiger charge is -2.07. The fourth-order valence-corrected chi connectivity index (χ4v) is 5.15. The molecule has 1 amide bonds. The first-order valence-electron chi connectivity index (χ1n) is 11.6. The minimum atomic E-state index is -4.65. The van der Waals surface area contributed by atoms with Crippen molar-refractivity contribution in [1.29, 1.82) is 0 Å². The van der Waals surface area contributed by atoms with Gasteiger partial charge in [-0.25, -0.2) is 33.4 Å². The summed E-state index contributed by atoms with van der Waals surface area (Å²) >= 11 is 5.96. The van der Waals surface area contributed by atoms with Crippen LogP contribution in [0.2, 0.25) is 5.02 Å². The van der Waals surface area contributed by atoms with Crippen LogP contribution in [0.3, 0.4) is 0 Å². The molecule has 0 fully saturated rings. The average molecular weight is 594 g/mol. The number of alkyl halides is 3. The van der Waals surface area contributed by atoms with Gasteiger partial charge in [0.05, 0.1) is 17.9 Å². The average Bonchev–Trinajstić information content (AvgIpc) is 3.46. The third-order valence-electron chi connectivity index (χ3n) is 5.95. The van der Waals surface area contributed by atoms with Crippen molar-refractivity contribution in [3.05, 3.63) is 70.6 Å². The molecule has 0 aliphatic carbocycles. The highest BCUT2D eigenvalue weighted by molar-refractivity contribution is 7.91. The van der Waals surface area contributed by atoms with E-state index in [4.69, 9.17) is 16.4 Å². The Morgan fingerprint density at radius 1 is 1.15 bits per heavy atom. The zero-order chi connectivity index (χ0) is 28.8. The number of nitrogens with zero attached hydrogens (tertiary/aromatic N) is 6. The van der Waals surface area contributed by atoms with E-state index >= 15 is 0 Å². The molecule has 0 spiro atoms. The molecule has 1 aromatic carbocycles. The molecule has 40 heavy (non-hydrogen) atoms. The van der Waals surface area contributed by atoms with Crippen LogP contribution in [0, 0.1) is 0 Å². The third kappa shape index (κ3) is 4.98. The second-order valence-electron chi connectivity index (χ2n) is 8.56. The standard InChI is InChI=1S/C24H19ClF3N7O4S/c1-3-40(37,38)23-18(21-31-16-10-14(24(26,27)28)11-30-19(16)34(21)2)20-29-8-7-17(35(20)32-23)22(36)33-39-12-13-5-4-6-15(25)9-13/h4-11H,3,12H2,1-2H3,(H,33,36). The van der Waals surface area contributed by atoms with E-state index in [1.165, 1.54) is 30.8 Å². The number of fused-ring (bicyclic) bond motifs is 2. The number of rotatable bonds is 7. The zero-order valence-electron chi connectivity index (χ0n) is 20.8. The fourth-order valence-electron chi connectivity index (χ4n) is 3.97. The first-order chi connectivity index (χ1) is 18.9. The van der Waals surface area contributed by atoms with Crippen molar-refractivity contribution < 1.29 is 31.2 Å². The molecular weight excluding hydrogens is 575 g/mol. The first-order valence-corrected chi connectivity index (χ1v) is 13.6. The molecule has 16 heteroatoms. The molecule has 11 nitrogen and oxygen atoms in total. The first kappa shape index (κ1) is 27.5. The number of carbonyl (C=O) groups excluding carboxylic acids is 1. The number of aromatic nitrogens is 6. The van der Waals surface area contributed by atoms with Crippen molar-refractivity contribution >= 4 is 44.2 Å². The predicted octanol–water partition coefficient (Wildman–Crippen LogP) is 4.01. The summed E-state index contributed by atoms with van der Waals surface area (Å²) < 4.78 is 68.3. The number of imidazole rings is 1. The predicted molar refractivity (Wildman–Crippen MR) is 137 cm³/mol. The monoisotopic (exact) mass is 593 g/mol. The van der Waals surface area contributed by atoms with Crippen LogP contribution < -0.4 is 5.48 Å². The molecule has 208 valence electrons. The maximum atomic E-state index is 13.3. The topological polar surface area (TPSA) is 133 Å². The Hall–Kier alpha value is -4.08. The summed E-state index contributed by atoms with van der Waals surface area (Å²) in [5.41, 5.74) is 1.63. The lowest BCUT2D eigenvalue weighted by molar-refractivity contribution is -0.137. The number of aryl methyl sites for hydroxylation is 1. The van der Waals surface area contributed by atoms with E-state index in [0.717, 1.165) is 10.6 Å². The molecule has 0 aliphatic heterocycles. The van der Waals surface area contributed by atoms with Gasteiger partial charge < -0.3 is 4.57 Å². The van der Waals surface area contributed by atoms with E-state index in [0.29, 0.717) is 16.8 Å². The summed E-state index contributed by atoms with van der Waals surface area (Å²) in [5, 5.41) is 4.22. The van der Waals surface area contributed by atoms with Crippen molar-refractivity contribution in [2.45, 2.75) is 24.7 Å². The van der Waals surface area contributed by atoms with E-state index < -0.39 is 32.5 Å². The fraction of sp³-hybridized carbons (Fsp3) is 0.208. The molecular formula is C24H19ClF3N7O4S. The molecule has 0 aliphatic rings. The van der Waals surface area contributed by atoms with Gasteiger partial charge in [0, 0.05) is 24.5 Å². The van der Waals surface area contributed by atoms with E-state index in [1.807, 2.05) is 0 Å². The Bertz CT molecular complexity index is 1890. The van der Waals surface area contributed by atoms with Gasteiger partial charge in [0.1, 0.15) is 22.6 Å². The molecule has 0 saturated carbocycles. The van der Waals surface area contributed by atoms with Crippen molar-refractivity contribution in [2.24, 2.45) is 7.05 Å². The van der Waals surface area contributed by atoms with Gasteiger partial charge in [0.15, 0.2) is 26.2 Å². The van der Waals surface area contributed by atoms with Crippen molar-refractivity contribution in [2.75, 3.05) is 5.75 Å². The van der Waals surface area contributed by atoms with E-state index in [-0.39, 0.29) is 46.3 Å². The molecule has 4 aromatic heterocycles. The minimum Gasteiger partial charge on any atom is -0.312 e. The Morgan fingerprint density at radius 3 is 2.62 bits per heavy atom. The van der Waals surface area contributed by atoms with Crippen LogP contribution in [-0.2, 0) is 34.5 Å². The second-order valence-corrected chi connectivity index (χ2v) is 11.2. The summed E-state index contributed by atoms with van der Waals surface area (Å²) in [6, 6.07) is 8.92. The van der Waals surface area contributed by atoms with Crippen LogP contribution in [0.5, 0.6) is 0 Å². The Balaban J connectivity index is 1.60. The highest BCUT2D eigenvalue weighted by Crippen LogP contribution is 2.35. The van der Waals surface area contributed by atoms with Crippen molar-refractivity contribution in [3.8, 4) is 11.4 Å². The van der Waals surface area contributed by atoms with Gasteiger partial charge in [0.2, 0.25) is 0 Å². The zero-order valence-corrected chi connectivity index (χ0v) is 22.3. The number of hydrogen-bond donors (Lipinski definition) is 1. The van der Waals surface area contributed by atoms with Crippen LogP contribution in [0.4, 0.5) is 13.2 Å². The number of sulfone groups is 1. The lowest BCUT2D eigenvalue weighted by atomic mass is 10.2. The normalized spacial score (nSPS) is 12.3. The van der Waals surface area contributed by atoms with Crippen LogP contribution in [0.15, 0.2) is 53.8 Å². The number of halogens is 4. The molecule has 0 saturated heterocycles. The number of hydrogen-bond acceptors (Lipinski definition) is 8. The molecule has 0 unspecified atom stereocenters. The molecule has 5 rings (SSSR count). The Kier molecular flexibility index (Phi) is 6.97. The maximum absolute atomic E-state index is 13.3. The van der Waals surface area contributed by atoms with Gasteiger partial charge in [-0.15, -0.1) is 0 Å². The molecule has 0 radical (unpaired) electrons. The smallest absolute Gasteiger partial charge is 0.312 e. The highest BCUT2D eigenvalue weighted by atomic mass is 35.5. The van der Waals surface area contributed by atoms with E-state index in [9.17, 15) is 26.4 Å². The number of amides is 1. The summed E-state index contributed by atoms with van der Waals surface area (Å²) in [5.74, 6) is -1.16. The van der Waals surface area contributed by atoms with Crippen LogP contribution in [-0.4, -0.2) is 49.2 Å². The minimum absolute atomic E-state index is 0.00682. The largest absolute Gasteiger partial charge is 0.417 e. The molecule has 0 atom stereocenters. The number of carbonyl (C=O) groups is 1. The van der Waals surface area contributed by atoms with Gasteiger partial charge in [-0.3, -0.25) is 9.63 Å². The van der Waals surface area contributed by atoms with Crippen LogP contribution in [0.1, 0.15) is 28.5 Å². The van der Waals surface area contributed by atoms with Gasteiger partial charge in [-0.1, -0.05) is 30.7 Å². The number of hydroxylamine groups is 1. The number of benzene rings is 1. The maximum Gasteiger partial charge on any atom is 0.417 e. The van der Waals surface area contributed by atoms with Gasteiger partial charge >= 0.3 is 6.18 Å². The summed E-state index contributed by atoms with van der Waals surface area (Å²) in [7, 11) is -2.56. The van der Waals surface area contributed by atoms with Crippen LogP contribution in [0.25, 0.3) is 28.2 Å². The van der Waals surface area contributed by atoms with Gasteiger partial charge in [0.25, 0.3) is 5.91 Å².